The predicted octanol–water partition coefficient (Wildman–Crippen LogP) is 2.70. The largest absolute Gasteiger partial charge is 0.371 e. The van der Waals surface area contributed by atoms with Crippen LogP contribution in [0, 0.1) is 6.92 Å². The van der Waals surface area contributed by atoms with Crippen molar-refractivity contribution in [3.63, 3.8) is 0 Å². The molecule has 2 N–H and O–H groups in total. The zero-order valence-electron chi connectivity index (χ0n) is 14.0. The third kappa shape index (κ3) is 3.66. The fourth-order valence-electron chi connectivity index (χ4n) is 2.84. The molecule has 0 aliphatic carbocycles. The summed E-state index contributed by atoms with van der Waals surface area (Å²) in [6.45, 7) is 6.45. The van der Waals surface area contributed by atoms with Gasteiger partial charge in [-0.2, -0.15) is 5.10 Å². The minimum Gasteiger partial charge on any atom is -0.371 e. The highest BCUT2D eigenvalue weighted by Gasteiger charge is 2.20. The number of ether oxygens (including phenoxy) is 1. The molecule has 128 valence electrons. The number of anilines is 1. The van der Waals surface area contributed by atoms with E-state index >= 15 is 0 Å². The molecule has 1 aliphatic heterocycles. The fraction of sp³-hybridized carbons (Fsp3) is 0.412. The van der Waals surface area contributed by atoms with Crippen LogP contribution in [0.1, 0.15) is 40.3 Å². The van der Waals surface area contributed by atoms with Crippen LogP contribution in [0.2, 0.25) is 0 Å². The molecular weight excluding hydrogens is 323 g/mol. The number of aromatic amines is 1. The summed E-state index contributed by atoms with van der Waals surface area (Å²) in [5, 5.41) is 9.93. The first-order valence-electron chi connectivity index (χ1n) is 8.15. The lowest BCUT2D eigenvalue weighted by atomic mass is 10.1. The van der Waals surface area contributed by atoms with Crippen molar-refractivity contribution in [2.45, 2.75) is 26.4 Å². The highest BCUT2D eigenvalue weighted by molar-refractivity contribution is 7.13. The van der Waals surface area contributed by atoms with Crippen LogP contribution in [0.3, 0.4) is 0 Å². The Bertz CT molecular complexity index is 714. The van der Waals surface area contributed by atoms with E-state index in [4.69, 9.17) is 4.74 Å². The molecule has 1 aliphatic rings. The van der Waals surface area contributed by atoms with Crippen LogP contribution in [-0.4, -0.2) is 40.5 Å². The molecule has 0 saturated carbocycles. The van der Waals surface area contributed by atoms with Crippen LogP contribution in [0.15, 0.2) is 24.3 Å². The number of benzene rings is 1. The van der Waals surface area contributed by atoms with E-state index in [1.54, 1.807) is 0 Å². The molecule has 6 nitrogen and oxygen atoms in total. The maximum atomic E-state index is 12.4. The molecular formula is C17H23N4O2P. The number of morpholine rings is 1. The molecule has 0 spiro atoms. The Morgan fingerprint density at radius 3 is 2.83 bits per heavy atom. The molecule has 1 aromatic heterocycles. The zero-order valence-corrected chi connectivity index (χ0v) is 15.2. The number of hydrogen-bond donors (Lipinski definition) is 2. The second-order valence-corrected chi connectivity index (χ2v) is 6.69. The molecule has 1 unspecified atom stereocenters. The molecule has 2 aromatic rings. The number of aryl methyl sites for hydroxylation is 1. The minimum atomic E-state index is -0.193. The van der Waals surface area contributed by atoms with Crippen molar-refractivity contribution < 1.29 is 9.53 Å². The van der Waals surface area contributed by atoms with Gasteiger partial charge >= 0.3 is 0 Å². The van der Waals surface area contributed by atoms with E-state index in [0.29, 0.717) is 5.69 Å². The maximum Gasteiger partial charge on any atom is 0.276 e. The monoisotopic (exact) mass is 346 g/mol. The van der Waals surface area contributed by atoms with E-state index in [-0.39, 0.29) is 12.0 Å². The van der Waals surface area contributed by atoms with Crippen molar-refractivity contribution in [2.24, 2.45) is 0 Å². The Morgan fingerprint density at radius 1 is 1.46 bits per heavy atom. The smallest absolute Gasteiger partial charge is 0.276 e. The second-order valence-electron chi connectivity index (χ2n) is 5.96. The van der Waals surface area contributed by atoms with Crippen molar-refractivity contribution in [2.75, 3.05) is 25.0 Å². The number of carbonyl (C=O) groups is 1. The molecule has 1 saturated heterocycles. The van der Waals surface area contributed by atoms with Crippen molar-refractivity contribution >= 4 is 21.0 Å². The number of H-pyrrole nitrogens is 1. The number of aromatic nitrogens is 2. The lowest BCUT2D eigenvalue weighted by Crippen LogP contribution is -2.31. The summed E-state index contributed by atoms with van der Waals surface area (Å²) < 4.78 is 7.98. The molecule has 1 fully saturated rings. The maximum absolute atomic E-state index is 12.4. The summed E-state index contributed by atoms with van der Waals surface area (Å²) in [5.41, 5.74) is 4.21. The minimum absolute atomic E-state index is 0.0710. The van der Waals surface area contributed by atoms with Gasteiger partial charge in [0.25, 0.3) is 5.91 Å². The lowest BCUT2D eigenvalue weighted by Gasteiger charge is -2.30. The average molecular weight is 346 g/mol. The van der Waals surface area contributed by atoms with Crippen molar-refractivity contribution in [3.05, 3.63) is 46.8 Å². The van der Waals surface area contributed by atoms with Crippen molar-refractivity contribution in [1.29, 1.82) is 0 Å². The molecule has 0 radical (unpaired) electrons. The van der Waals surface area contributed by atoms with Crippen LogP contribution in [-0.2, 0) is 11.2 Å². The van der Waals surface area contributed by atoms with Crippen LogP contribution in [0.25, 0.3) is 0 Å². The fourth-order valence-corrected chi connectivity index (χ4v) is 3.14. The van der Waals surface area contributed by atoms with Gasteiger partial charge in [0.05, 0.1) is 12.7 Å². The molecule has 2 heterocycles. The quantitative estimate of drug-likeness (QED) is 0.835. The highest BCUT2D eigenvalue weighted by atomic mass is 31.0. The van der Waals surface area contributed by atoms with Crippen LogP contribution in [0.5, 0.6) is 0 Å². The van der Waals surface area contributed by atoms with Gasteiger partial charge in [-0.3, -0.25) is 14.6 Å². The van der Waals surface area contributed by atoms with Crippen molar-refractivity contribution in [1.82, 2.24) is 14.9 Å². The third-order valence-electron chi connectivity index (χ3n) is 4.32. The van der Waals surface area contributed by atoms with E-state index in [1.807, 2.05) is 38.1 Å². The third-order valence-corrected chi connectivity index (χ3v) is 4.79. The molecule has 1 amide bonds. The SMILES string of the molecule is CCc1[nH]nc(C(=O)Nc2ccc([C@H]3CN(P)CCO3)cc2)c1C. The summed E-state index contributed by atoms with van der Waals surface area (Å²) in [7, 11) is 2.72. The van der Waals surface area contributed by atoms with Crippen LogP contribution < -0.4 is 5.32 Å². The second kappa shape index (κ2) is 7.43. The van der Waals surface area contributed by atoms with Gasteiger partial charge in [0, 0.05) is 30.0 Å². The number of carbonyl (C=O) groups excluding carboxylic acids is 1. The number of nitrogens with one attached hydrogen (secondary N) is 2. The molecule has 2 atom stereocenters. The van der Waals surface area contributed by atoms with E-state index in [9.17, 15) is 4.79 Å². The Balaban J connectivity index is 1.67. The molecule has 1 aromatic carbocycles. The standard InChI is InChI=1S/C17H23N4O2P/c1-3-14-11(2)16(20-19-14)17(22)18-13-6-4-12(5-7-13)15-10-21(24)8-9-23-15/h4-7,15H,3,8-10,24H2,1-2H3,(H,18,22)(H,19,20)/t15-/m1/s1. The van der Waals surface area contributed by atoms with E-state index in [0.717, 1.165) is 48.6 Å². The molecule has 3 rings (SSSR count). The normalized spacial score (nSPS) is 18.5. The number of hydrogen-bond acceptors (Lipinski definition) is 4. The van der Waals surface area contributed by atoms with Gasteiger partial charge < -0.3 is 10.1 Å². The summed E-state index contributed by atoms with van der Waals surface area (Å²) in [6, 6.07) is 7.81. The first kappa shape index (κ1) is 17.1. The van der Waals surface area contributed by atoms with Gasteiger partial charge in [0.1, 0.15) is 0 Å². The molecule has 7 heteroatoms. The topological polar surface area (TPSA) is 70.2 Å². The van der Waals surface area contributed by atoms with Gasteiger partial charge in [-0.15, -0.1) is 0 Å². The Kier molecular flexibility index (Phi) is 5.29. The van der Waals surface area contributed by atoms with Gasteiger partial charge in [-0.1, -0.05) is 28.4 Å². The summed E-state index contributed by atoms with van der Waals surface area (Å²) in [5.74, 6) is -0.193. The van der Waals surface area contributed by atoms with E-state index in [2.05, 4.69) is 29.6 Å². The lowest BCUT2D eigenvalue weighted by molar-refractivity contribution is 0.000209. The van der Waals surface area contributed by atoms with Crippen LogP contribution in [0.4, 0.5) is 5.69 Å². The Morgan fingerprint density at radius 2 is 2.21 bits per heavy atom. The summed E-state index contributed by atoms with van der Waals surface area (Å²) in [4.78, 5) is 12.4. The van der Waals surface area contributed by atoms with Gasteiger partial charge in [0.2, 0.25) is 0 Å². The first-order chi connectivity index (χ1) is 11.6. The Hall–Kier alpha value is -1.75. The van der Waals surface area contributed by atoms with Crippen LogP contribution >= 0.6 is 9.39 Å². The van der Waals surface area contributed by atoms with Gasteiger partial charge in [-0.05, 0) is 31.0 Å². The predicted molar refractivity (Wildman–Crippen MR) is 97.1 cm³/mol. The van der Waals surface area contributed by atoms with E-state index in [1.165, 1.54) is 0 Å². The first-order valence-corrected chi connectivity index (χ1v) is 8.66. The Labute approximate surface area is 144 Å². The van der Waals surface area contributed by atoms with Crippen molar-refractivity contribution in [3.8, 4) is 0 Å². The highest BCUT2D eigenvalue weighted by Crippen LogP contribution is 2.25. The number of nitrogens with zero attached hydrogens (tertiary/aromatic N) is 2. The molecule has 24 heavy (non-hydrogen) atoms. The number of rotatable bonds is 4. The number of amides is 1. The summed E-state index contributed by atoms with van der Waals surface area (Å²) >= 11 is 0. The average Bonchev–Trinajstić information content (AvgIpc) is 2.96. The van der Waals surface area contributed by atoms with Gasteiger partial charge in [-0.25, -0.2) is 0 Å². The van der Waals surface area contributed by atoms with E-state index < -0.39 is 0 Å². The summed E-state index contributed by atoms with van der Waals surface area (Å²) in [6.07, 6.45) is 0.899. The zero-order chi connectivity index (χ0) is 17.1. The van der Waals surface area contributed by atoms with Gasteiger partial charge in [0.15, 0.2) is 5.69 Å². The molecule has 0 bridgehead atoms.